The fourth-order valence-corrected chi connectivity index (χ4v) is 12.8. The summed E-state index contributed by atoms with van der Waals surface area (Å²) >= 11 is 0. The lowest BCUT2D eigenvalue weighted by Crippen LogP contribution is -2.45. The van der Waals surface area contributed by atoms with Gasteiger partial charge in [-0.3, -0.25) is 9.59 Å². The van der Waals surface area contributed by atoms with Gasteiger partial charge in [-0.05, 0) is 32.1 Å². The standard InChI is InChI=1S/C79H155NO5/c1-3-5-7-9-11-13-15-17-19-21-22-23-34-37-40-43-47-51-55-59-63-67-71-77(82)76(75-81)80-78(83)72-68-64-60-56-52-48-44-41-38-35-32-30-28-26-24-25-27-29-31-33-36-39-42-46-50-54-58-62-66-70-74-85-79(84)73-69-65-61-57-53-49-45-20-18-16-14-12-10-8-6-4-2/h67,71,76-77,81-82H,3-66,68-70,72-75H2,1-2H3,(H,80,83)/b71-67+. The molecule has 0 aromatic carbocycles. The number of carbonyl (C=O) groups is 2. The summed E-state index contributed by atoms with van der Waals surface area (Å²) in [6.45, 7) is 4.97. The lowest BCUT2D eigenvalue weighted by atomic mass is 10.0. The zero-order chi connectivity index (χ0) is 61.3. The molecule has 6 heteroatoms. The van der Waals surface area contributed by atoms with Crippen LogP contribution in [-0.2, 0) is 14.3 Å². The first kappa shape index (κ1) is 83.6. The van der Waals surface area contributed by atoms with Crippen molar-refractivity contribution in [2.75, 3.05) is 13.2 Å². The Labute approximate surface area is 533 Å². The number of esters is 1. The average molecular weight is 1200 g/mol. The molecule has 0 bridgehead atoms. The molecule has 0 saturated heterocycles. The maximum atomic E-state index is 12.5. The van der Waals surface area contributed by atoms with Crippen LogP contribution < -0.4 is 5.32 Å². The van der Waals surface area contributed by atoms with Crippen molar-refractivity contribution in [1.82, 2.24) is 5.32 Å². The van der Waals surface area contributed by atoms with Crippen LogP contribution in [0.4, 0.5) is 0 Å². The van der Waals surface area contributed by atoms with E-state index in [0.29, 0.717) is 19.4 Å². The molecule has 0 rings (SSSR count). The predicted molar refractivity (Wildman–Crippen MR) is 375 cm³/mol. The lowest BCUT2D eigenvalue weighted by molar-refractivity contribution is -0.143. The van der Waals surface area contributed by atoms with Crippen LogP contribution in [0.25, 0.3) is 0 Å². The second-order valence-electron chi connectivity index (χ2n) is 27.4. The van der Waals surface area contributed by atoms with Gasteiger partial charge in [-0.15, -0.1) is 0 Å². The Bertz CT molecular complexity index is 1290. The summed E-state index contributed by atoms with van der Waals surface area (Å²) in [4.78, 5) is 24.6. The first-order chi connectivity index (χ1) is 42.0. The lowest BCUT2D eigenvalue weighted by Gasteiger charge is -2.20. The zero-order valence-electron chi connectivity index (χ0n) is 58.1. The Morgan fingerprint density at radius 2 is 0.541 bits per heavy atom. The van der Waals surface area contributed by atoms with Crippen molar-refractivity contribution in [3.63, 3.8) is 0 Å². The quantitative estimate of drug-likeness (QED) is 0.0320. The van der Waals surface area contributed by atoms with E-state index in [0.717, 1.165) is 38.5 Å². The highest BCUT2D eigenvalue weighted by molar-refractivity contribution is 5.76. The van der Waals surface area contributed by atoms with Crippen LogP contribution in [0.1, 0.15) is 457 Å². The van der Waals surface area contributed by atoms with Crippen molar-refractivity contribution in [3.8, 4) is 0 Å². The third-order valence-corrected chi connectivity index (χ3v) is 18.8. The highest BCUT2D eigenvalue weighted by Crippen LogP contribution is 2.20. The zero-order valence-corrected chi connectivity index (χ0v) is 58.1. The number of unbranched alkanes of at least 4 members (excludes halogenated alkanes) is 64. The van der Waals surface area contributed by atoms with Gasteiger partial charge >= 0.3 is 5.97 Å². The topological polar surface area (TPSA) is 95.9 Å². The molecule has 0 aliphatic carbocycles. The van der Waals surface area contributed by atoms with Crippen LogP contribution in [0, 0.1) is 0 Å². The van der Waals surface area contributed by atoms with Crippen molar-refractivity contribution in [3.05, 3.63) is 12.2 Å². The van der Waals surface area contributed by atoms with Gasteiger partial charge in [0, 0.05) is 12.8 Å². The smallest absolute Gasteiger partial charge is 0.305 e. The molecule has 0 saturated carbocycles. The highest BCUT2D eigenvalue weighted by Gasteiger charge is 2.18. The molecule has 2 unspecified atom stereocenters. The van der Waals surface area contributed by atoms with Crippen molar-refractivity contribution in [2.45, 2.75) is 469 Å². The van der Waals surface area contributed by atoms with Crippen LogP contribution in [0.15, 0.2) is 12.2 Å². The number of aliphatic hydroxyl groups excluding tert-OH is 2. The van der Waals surface area contributed by atoms with Gasteiger partial charge in [0.05, 0.1) is 25.4 Å². The minimum absolute atomic E-state index is 0.0246. The molecule has 0 fully saturated rings. The molecule has 0 aliphatic heterocycles. The summed E-state index contributed by atoms with van der Waals surface area (Å²) in [6, 6.07) is -0.625. The van der Waals surface area contributed by atoms with Gasteiger partial charge in [0.15, 0.2) is 0 Å². The number of ether oxygens (including phenoxy) is 1. The Kier molecular flexibility index (Phi) is 73.8. The second-order valence-corrected chi connectivity index (χ2v) is 27.4. The van der Waals surface area contributed by atoms with Crippen molar-refractivity contribution in [2.24, 2.45) is 0 Å². The third kappa shape index (κ3) is 71.6. The van der Waals surface area contributed by atoms with Gasteiger partial charge in [0.1, 0.15) is 0 Å². The van der Waals surface area contributed by atoms with Gasteiger partial charge in [0.25, 0.3) is 0 Å². The predicted octanol–water partition coefficient (Wildman–Crippen LogP) is 25.9. The van der Waals surface area contributed by atoms with E-state index in [1.807, 2.05) is 6.08 Å². The molecular weight excluding hydrogens is 1040 g/mol. The SMILES string of the molecule is CCCCCCCCCCCCCCCCCCCCCC/C=C/C(O)C(CO)NC(=O)CCCCCCCCCCCCCCCCCCCCCCCCCCCCCCCCOC(=O)CCCCCCCCCCCCCCCCCC. The minimum Gasteiger partial charge on any atom is -0.466 e. The average Bonchev–Trinajstić information content (AvgIpc) is 3.50. The Balaban J connectivity index is 3.34. The van der Waals surface area contributed by atoms with E-state index >= 15 is 0 Å². The van der Waals surface area contributed by atoms with Gasteiger partial charge < -0.3 is 20.3 Å². The van der Waals surface area contributed by atoms with Crippen molar-refractivity contribution >= 4 is 11.9 Å². The van der Waals surface area contributed by atoms with Gasteiger partial charge in [-0.1, -0.05) is 424 Å². The summed E-state index contributed by atoms with van der Waals surface area (Å²) in [7, 11) is 0. The summed E-state index contributed by atoms with van der Waals surface area (Å²) in [5.41, 5.74) is 0. The molecule has 0 aromatic rings. The van der Waals surface area contributed by atoms with Crippen LogP contribution in [0.3, 0.4) is 0 Å². The minimum atomic E-state index is -0.842. The maximum Gasteiger partial charge on any atom is 0.305 e. The number of rotatable bonds is 75. The normalized spacial score (nSPS) is 12.5. The van der Waals surface area contributed by atoms with E-state index in [1.54, 1.807) is 6.08 Å². The monoisotopic (exact) mass is 1200 g/mol. The highest BCUT2D eigenvalue weighted by atomic mass is 16.5. The molecule has 506 valence electrons. The molecule has 3 N–H and O–H groups in total. The molecule has 85 heavy (non-hydrogen) atoms. The molecular formula is C79H155NO5. The van der Waals surface area contributed by atoms with Gasteiger partial charge in [0.2, 0.25) is 5.91 Å². The molecule has 0 aliphatic rings. The van der Waals surface area contributed by atoms with Crippen molar-refractivity contribution < 1.29 is 24.5 Å². The van der Waals surface area contributed by atoms with E-state index in [1.165, 1.54) is 392 Å². The molecule has 0 heterocycles. The van der Waals surface area contributed by atoms with E-state index in [-0.39, 0.29) is 18.5 Å². The Hall–Kier alpha value is -1.40. The molecule has 1 amide bonds. The first-order valence-electron chi connectivity index (χ1n) is 39.5. The largest absolute Gasteiger partial charge is 0.466 e. The van der Waals surface area contributed by atoms with Crippen LogP contribution >= 0.6 is 0 Å². The number of hydrogen-bond donors (Lipinski definition) is 3. The van der Waals surface area contributed by atoms with E-state index in [9.17, 15) is 19.8 Å². The number of nitrogens with one attached hydrogen (secondary N) is 1. The molecule has 6 nitrogen and oxygen atoms in total. The number of hydrogen-bond acceptors (Lipinski definition) is 5. The van der Waals surface area contributed by atoms with Crippen LogP contribution in [0.5, 0.6) is 0 Å². The van der Waals surface area contributed by atoms with Crippen LogP contribution in [0.2, 0.25) is 0 Å². The number of carbonyl (C=O) groups excluding carboxylic acids is 2. The molecule has 0 aromatic heterocycles. The van der Waals surface area contributed by atoms with E-state index < -0.39 is 12.1 Å². The van der Waals surface area contributed by atoms with Crippen LogP contribution in [-0.4, -0.2) is 47.4 Å². The Morgan fingerprint density at radius 3 is 0.800 bits per heavy atom. The Morgan fingerprint density at radius 1 is 0.318 bits per heavy atom. The van der Waals surface area contributed by atoms with E-state index in [2.05, 4.69) is 19.2 Å². The number of allylic oxidation sites excluding steroid dienone is 1. The molecule has 2 atom stereocenters. The fraction of sp³-hybridized carbons (Fsp3) is 0.949. The third-order valence-electron chi connectivity index (χ3n) is 18.8. The summed E-state index contributed by atoms with van der Waals surface area (Å²) < 4.78 is 5.51. The van der Waals surface area contributed by atoms with Gasteiger partial charge in [-0.2, -0.15) is 0 Å². The number of amides is 1. The van der Waals surface area contributed by atoms with Crippen molar-refractivity contribution in [1.29, 1.82) is 0 Å². The van der Waals surface area contributed by atoms with E-state index in [4.69, 9.17) is 4.74 Å². The van der Waals surface area contributed by atoms with Gasteiger partial charge in [-0.25, -0.2) is 0 Å². The second kappa shape index (κ2) is 75.1. The molecule has 0 radical (unpaired) electrons. The number of aliphatic hydroxyl groups is 2. The summed E-state index contributed by atoms with van der Waals surface area (Å²) in [5, 5.41) is 23.3. The summed E-state index contributed by atoms with van der Waals surface area (Å²) in [6.07, 6.45) is 94.7. The summed E-state index contributed by atoms with van der Waals surface area (Å²) in [5.74, 6) is -0.0341. The fourth-order valence-electron chi connectivity index (χ4n) is 12.8. The first-order valence-corrected chi connectivity index (χ1v) is 39.5. The maximum absolute atomic E-state index is 12.5. The molecule has 0 spiro atoms.